The number of nitrogens with one attached hydrogen (secondary N) is 2. The Bertz CT molecular complexity index is 377. The maximum Gasteiger partial charge on any atom is 0.408 e. The van der Waals surface area contributed by atoms with Crippen LogP contribution in [0.5, 0.6) is 0 Å². The summed E-state index contributed by atoms with van der Waals surface area (Å²) in [5.41, 5.74) is -0.563. The highest BCUT2D eigenvalue weighted by Gasteiger charge is 2.24. The molecule has 0 radical (unpaired) electrons. The van der Waals surface area contributed by atoms with Crippen LogP contribution in [0.4, 0.5) is 4.79 Å². The molecule has 0 aromatic rings. The van der Waals surface area contributed by atoms with E-state index in [0.717, 1.165) is 5.75 Å². The summed E-state index contributed by atoms with van der Waals surface area (Å²) in [5.74, 6) is 1.29. The summed E-state index contributed by atoms with van der Waals surface area (Å²) in [5, 5.41) is 5.72. The molecule has 0 aliphatic heterocycles. The summed E-state index contributed by atoms with van der Waals surface area (Å²) >= 11 is 1.66. The van der Waals surface area contributed by atoms with Crippen molar-refractivity contribution in [2.45, 2.75) is 70.9 Å². The maximum atomic E-state index is 12.4. The number of hydrogen-bond acceptors (Lipinski definition) is 4. The van der Waals surface area contributed by atoms with Crippen LogP contribution in [0.1, 0.15) is 59.3 Å². The van der Waals surface area contributed by atoms with Gasteiger partial charge in [-0.2, -0.15) is 11.8 Å². The predicted octanol–water partition coefficient (Wildman–Crippen LogP) is 3.33. The van der Waals surface area contributed by atoms with Gasteiger partial charge in [0.2, 0.25) is 5.91 Å². The lowest BCUT2D eigenvalue weighted by molar-refractivity contribution is -0.123. The van der Waals surface area contributed by atoms with Gasteiger partial charge in [-0.25, -0.2) is 4.79 Å². The zero-order valence-electron chi connectivity index (χ0n) is 14.9. The number of carbonyl (C=O) groups excluding carboxylic acids is 2. The third-order valence-electron chi connectivity index (χ3n) is 3.91. The number of carbonyl (C=O) groups is 2. The van der Waals surface area contributed by atoms with Crippen molar-refractivity contribution in [3.8, 4) is 0 Å². The van der Waals surface area contributed by atoms with E-state index in [1.807, 2.05) is 27.0 Å². The Hall–Kier alpha value is -0.910. The summed E-state index contributed by atoms with van der Waals surface area (Å²) in [4.78, 5) is 24.3. The van der Waals surface area contributed by atoms with Gasteiger partial charge in [-0.15, -0.1) is 0 Å². The predicted molar refractivity (Wildman–Crippen MR) is 95.7 cm³/mol. The third-order valence-corrected chi connectivity index (χ3v) is 4.55. The monoisotopic (exact) mass is 344 g/mol. The second-order valence-corrected chi connectivity index (χ2v) is 8.22. The van der Waals surface area contributed by atoms with Crippen molar-refractivity contribution in [1.29, 1.82) is 0 Å². The van der Waals surface area contributed by atoms with E-state index in [9.17, 15) is 9.59 Å². The van der Waals surface area contributed by atoms with Crippen LogP contribution < -0.4 is 10.6 Å². The molecule has 1 fully saturated rings. The zero-order chi connectivity index (χ0) is 17.3. The minimum atomic E-state index is -0.563. The lowest BCUT2D eigenvalue weighted by atomic mass is 9.89. The molecular formula is C17H32N2O3S. The van der Waals surface area contributed by atoms with E-state index in [-0.39, 0.29) is 5.91 Å². The number of alkyl carbamates (subject to hydrolysis) is 1. The third kappa shape index (κ3) is 9.08. The molecular weight excluding hydrogens is 312 g/mol. The van der Waals surface area contributed by atoms with Crippen LogP contribution in [-0.2, 0) is 9.53 Å². The van der Waals surface area contributed by atoms with E-state index in [4.69, 9.17) is 4.74 Å². The van der Waals surface area contributed by atoms with E-state index >= 15 is 0 Å². The first-order valence-corrected chi connectivity index (χ1v) is 9.97. The Morgan fingerprint density at radius 3 is 2.43 bits per heavy atom. The molecule has 1 saturated carbocycles. The van der Waals surface area contributed by atoms with Crippen molar-refractivity contribution in [2.24, 2.45) is 5.92 Å². The molecule has 0 aromatic carbocycles. The van der Waals surface area contributed by atoms with E-state index in [2.05, 4.69) is 10.6 Å². The van der Waals surface area contributed by atoms with Crippen LogP contribution in [0.2, 0.25) is 0 Å². The molecule has 5 nitrogen and oxygen atoms in total. The molecule has 0 unspecified atom stereocenters. The van der Waals surface area contributed by atoms with Gasteiger partial charge in [-0.05, 0) is 58.0 Å². The van der Waals surface area contributed by atoms with Crippen molar-refractivity contribution < 1.29 is 14.3 Å². The van der Waals surface area contributed by atoms with E-state index in [0.29, 0.717) is 18.9 Å². The average molecular weight is 345 g/mol. The fourth-order valence-electron chi connectivity index (χ4n) is 2.71. The van der Waals surface area contributed by atoms with Gasteiger partial charge >= 0.3 is 6.09 Å². The number of ether oxygens (including phenoxy) is 1. The summed E-state index contributed by atoms with van der Waals surface area (Å²) in [6, 6.07) is -0.527. The first kappa shape index (κ1) is 20.1. The number of amides is 2. The largest absolute Gasteiger partial charge is 0.444 e. The van der Waals surface area contributed by atoms with Gasteiger partial charge in [0, 0.05) is 6.54 Å². The van der Waals surface area contributed by atoms with Crippen molar-refractivity contribution in [1.82, 2.24) is 10.6 Å². The number of thioether (sulfide) groups is 1. The molecule has 2 N–H and O–H groups in total. The fraction of sp³-hybridized carbons (Fsp3) is 0.882. The van der Waals surface area contributed by atoms with Gasteiger partial charge in [0.05, 0.1) is 0 Å². The zero-order valence-corrected chi connectivity index (χ0v) is 15.8. The van der Waals surface area contributed by atoms with E-state index < -0.39 is 17.7 Å². The molecule has 0 spiro atoms. The second kappa shape index (κ2) is 10.1. The second-order valence-electron chi connectivity index (χ2n) is 7.23. The molecule has 2 amide bonds. The first-order valence-electron chi connectivity index (χ1n) is 8.58. The van der Waals surface area contributed by atoms with Crippen molar-refractivity contribution in [3.05, 3.63) is 0 Å². The highest BCUT2D eigenvalue weighted by molar-refractivity contribution is 7.98. The average Bonchev–Trinajstić information content (AvgIpc) is 2.48. The minimum absolute atomic E-state index is 0.101. The fourth-order valence-corrected chi connectivity index (χ4v) is 3.19. The lowest BCUT2D eigenvalue weighted by Gasteiger charge is -2.25. The molecule has 1 atom stereocenters. The molecule has 1 rings (SSSR count). The molecule has 23 heavy (non-hydrogen) atoms. The lowest BCUT2D eigenvalue weighted by Crippen LogP contribution is -2.49. The first-order chi connectivity index (χ1) is 10.8. The van der Waals surface area contributed by atoms with Gasteiger partial charge in [0.1, 0.15) is 11.6 Å². The minimum Gasteiger partial charge on any atom is -0.444 e. The highest BCUT2D eigenvalue weighted by atomic mass is 32.2. The van der Waals surface area contributed by atoms with Gasteiger partial charge in [0.25, 0.3) is 0 Å². The number of rotatable bonds is 7. The standard InChI is InChI=1S/C17H32N2O3S/c1-17(2,3)22-16(21)19-14(10-11-23-4)15(20)18-12-13-8-6-5-7-9-13/h13-14H,5-12H2,1-4H3,(H,18,20)(H,19,21)/t14-/m1/s1. The van der Waals surface area contributed by atoms with Gasteiger partial charge in [0.15, 0.2) is 0 Å². The normalized spacial score (nSPS) is 17.4. The van der Waals surface area contributed by atoms with E-state index in [1.54, 1.807) is 11.8 Å². The van der Waals surface area contributed by atoms with Crippen LogP contribution in [0.3, 0.4) is 0 Å². The van der Waals surface area contributed by atoms with Crippen LogP contribution in [-0.4, -0.2) is 42.2 Å². The van der Waals surface area contributed by atoms with Crippen molar-refractivity contribution >= 4 is 23.8 Å². The summed E-state index contributed by atoms with van der Waals surface area (Å²) in [6.45, 7) is 6.15. The number of hydrogen-bond donors (Lipinski definition) is 2. The molecule has 0 bridgehead atoms. The Morgan fingerprint density at radius 1 is 1.22 bits per heavy atom. The Morgan fingerprint density at radius 2 is 1.87 bits per heavy atom. The Balaban J connectivity index is 2.47. The van der Waals surface area contributed by atoms with E-state index in [1.165, 1.54) is 32.1 Å². The maximum absolute atomic E-state index is 12.4. The molecule has 134 valence electrons. The molecule has 6 heteroatoms. The topological polar surface area (TPSA) is 67.4 Å². The molecule has 1 aliphatic rings. The van der Waals surface area contributed by atoms with Gasteiger partial charge in [-0.1, -0.05) is 19.3 Å². The highest BCUT2D eigenvalue weighted by Crippen LogP contribution is 2.22. The quantitative estimate of drug-likeness (QED) is 0.743. The Kier molecular flexibility index (Phi) is 8.81. The molecule has 0 aromatic heterocycles. The van der Waals surface area contributed by atoms with Crippen LogP contribution in [0.25, 0.3) is 0 Å². The van der Waals surface area contributed by atoms with Gasteiger partial charge < -0.3 is 15.4 Å². The van der Waals surface area contributed by atoms with Crippen molar-refractivity contribution in [3.63, 3.8) is 0 Å². The van der Waals surface area contributed by atoms with Crippen LogP contribution in [0, 0.1) is 5.92 Å². The SMILES string of the molecule is CSCC[C@@H](NC(=O)OC(C)(C)C)C(=O)NCC1CCCCC1. The van der Waals surface area contributed by atoms with Gasteiger partial charge in [-0.3, -0.25) is 4.79 Å². The Labute approximate surface area is 144 Å². The molecule has 1 aliphatic carbocycles. The van der Waals surface area contributed by atoms with Crippen LogP contribution >= 0.6 is 11.8 Å². The smallest absolute Gasteiger partial charge is 0.408 e. The summed E-state index contributed by atoms with van der Waals surface area (Å²) < 4.78 is 5.26. The summed E-state index contributed by atoms with van der Waals surface area (Å²) in [6.07, 6.45) is 8.27. The molecule has 0 saturated heterocycles. The van der Waals surface area contributed by atoms with Crippen molar-refractivity contribution in [2.75, 3.05) is 18.6 Å². The van der Waals surface area contributed by atoms with Crippen LogP contribution in [0.15, 0.2) is 0 Å². The summed E-state index contributed by atoms with van der Waals surface area (Å²) in [7, 11) is 0. The molecule has 0 heterocycles.